The number of aromatic nitrogens is 1. The van der Waals surface area contributed by atoms with Crippen molar-refractivity contribution in [2.24, 2.45) is 0 Å². The number of hydrogen-bond donors (Lipinski definition) is 1. The Bertz CT molecular complexity index is 802. The maximum atomic E-state index is 10.7. The van der Waals surface area contributed by atoms with Gasteiger partial charge in [-0.25, -0.2) is 0 Å². The molecular weight excluding hydrogens is 272 g/mol. The molecule has 0 aliphatic heterocycles. The van der Waals surface area contributed by atoms with Crippen molar-refractivity contribution >= 4 is 22.9 Å². The summed E-state index contributed by atoms with van der Waals surface area (Å²) >= 11 is 0. The van der Waals surface area contributed by atoms with E-state index in [4.69, 9.17) is 0 Å². The van der Waals surface area contributed by atoms with Crippen LogP contribution in [0, 0.1) is 0 Å². The van der Waals surface area contributed by atoms with Crippen LogP contribution in [0.5, 0.6) is 0 Å². The van der Waals surface area contributed by atoms with E-state index in [2.05, 4.69) is 48.4 Å². The third kappa shape index (κ3) is 2.70. The van der Waals surface area contributed by atoms with Crippen LogP contribution in [0.25, 0.3) is 10.9 Å². The van der Waals surface area contributed by atoms with E-state index in [-0.39, 0.29) is 5.54 Å². The molecule has 22 heavy (non-hydrogen) atoms. The van der Waals surface area contributed by atoms with Crippen molar-refractivity contribution in [1.29, 1.82) is 0 Å². The summed E-state index contributed by atoms with van der Waals surface area (Å²) in [6.45, 7) is 4.26. The van der Waals surface area contributed by atoms with Gasteiger partial charge in [-0.2, -0.15) is 0 Å². The Morgan fingerprint density at radius 3 is 2.45 bits per heavy atom. The maximum Gasteiger partial charge on any atom is 0.150 e. The second-order valence-corrected chi connectivity index (χ2v) is 5.87. The first-order valence-electron chi connectivity index (χ1n) is 7.28. The summed E-state index contributed by atoms with van der Waals surface area (Å²) in [5.41, 5.74) is 3.52. The van der Waals surface area contributed by atoms with Gasteiger partial charge in [0.05, 0.1) is 11.1 Å². The predicted octanol–water partition coefficient (Wildman–Crippen LogP) is 4.39. The Balaban J connectivity index is 1.98. The molecule has 0 bridgehead atoms. The molecule has 0 aliphatic rings. The second kappa shape index (κ2) is 5.60. The van der Waals surface area contributed by atoms with Crippen LogP contribution in [-0.2, 0) is 5.54 Å². The highest BCUT2D eigenvalue weighted by Gasteiger charge is 2.23. The van der Waals surface area contributed by atoms with Crippen molar-refractivity contribution in [3.8, 4) is 0 Å². The number of anilines is 1. The molecule has 0 aliphatic carbocycles. The molecule has 3 heteroatoms. The monoisotopic (exact) mass is 290 g/mol. The summed E-state index contributed by atoms with van der Waals surface area (Å²) < 4.78 is 0. The third-order valence-corrected chi connectivity index (χ3v) is 3.81. The van der Waals surface area contributed by atoms with Crippen LogP contribution in [0.1, 0.15) is 29.8 Å². The van der Waals surface area contributed by atoms with E-state index >= 15 is 0 Å². The average molecular weight is 290 g/mol. The average Bonchev–Trinajstić information content (AvgIpc) is 2.54. The van der Waals surface area contributed by atoms with Crippen LogP contribution >= 0.6 is 0 Å². The minimum absolute atomic E-state index is 0.281. The number of pyridine rings is 1. The van der Waals surface area contributed by atoms with Crippen LogP contribution < -0.4 is 5.32 Å². The van der Waals surface area contributed by atoms with E-state index in [0.29, 0.717) is 5.56 Å². The molecule has 0 radical (unpaired) electrons. The number of para-hydroxylation sites is 1. The highest BCUT2D eigenvalue weighted by atomic mass is 16.1. The molecule has 2 aromatic carbocycles. The van der Waals surface area contributed by atoms with E-state index in [1.165, 1.54) is 0 Å². The smallest absolute Gasteiger partial charge is 0.150 e. The van der Waals surface area contributed by atoms with E-state index in [1.807, 2.05) is 36.5 Å². The predicted molar refractivity (Wildman–Crippen MR) is 90.2 cm³/mol. The van der Waals surface area contributed by atoms with Crippen molar-refractivity contribution in [2.75, 3.05) is 5.32 Å². The van der Waals surface area contributed by atoms with Gasteiger partial charge in [-0.1, -0.05) is 24.3 Å². The van der Waals surface area contributed by atoms with E-state index < -0.39 is 0 Å². The van der Waals surface area contributed by atoms with Gasteiger partial charge in [0.1, 0.15) is 6.29 Å². The normalized spacial score (nSPS) is 11.4. The Hall–Kier alpha value is -2.68. The van der Waals surface area contributed by atoms with Gasteiger partial charge >= 0.3 is 0 Å². The van der Waals surface area contributed by atoms with Crippen molar-refractivity contribution in [2.45, 2.75) is 19.4 Å². The molecule has 0 spiro atoms. The molecule has 0 saturated carbocycles. The molecule has 3 aromatic rings. The Morgan fingerprint density at radius 2 is 1.73 bits per heavy atom. The quantitative estimate of drug-likeness (QED) is 0.724. The fourth-order valence-electron chi connectivity index (χ4n) is 2.68. The standard InChI is InChI=1S/C19H18N2O/c1-19(2,21-16-10-8-14(13-22)9-11-16)17-7-3-5-15-6-4-12-20-18(15)17/h3-13,21H,1-2H3. The largest absolute Gasteiger partial charge is 0.376 e. The van der Waals surface area contributed by atoms with Gasteiger partial charge in [-0.15, -0.1) is 0 Å². The number of rotatable bonds is 4. The molecule has 1 aromatic heterocycles. The van der Waals surface area contributed by atoms with Gasteiger partial charge in [0.25, 0.3) is 0 Å². The first-order valence-corrected chi connectivity index (χ1v) is 7.28. The van der Waals surface area contributed by atoms with Crippen molar-refractivity contribution in [3.05, 3.63) is 71.9 Å². The van der Waals surface area contributed by atoms with Gasteiger partial charge in [0, 0.05) is 28.4 Å². The van der Waals surface area contributed by atoms with Crippen LogP contribution in [0.15, 0.2) is 60.8 Å². The number of fused-ring (bicyclic) bond motifs is 1. The Labute approximate surface area is 130 Å². The molecule has 1 N–H and O–H groups in total. The number of aldehydes is 1. The number of carbonyl (C=O) groups is 1. The minimum Gasteiger partial charge on any atom is -0.376 e. The fraction of sp³-hybridized carbons (Fsp3) is 0.158. The Morgan fingerprint density at radius 1 is 1.00 bits per heavy atom. The second-order valence-electron chi connectivity index (χ2n) is 5.87. The molecule has 0 saturated heterocycles. The lowest BCUT2D eigenvalue weighted by Crippen LogP contribution is -2.28. The summed E-state index contributed by atoms with van der Waals surface area (Å²) in [6, 6.07) is 17.7. The third-order valence-electron chi connectivity index (χ3n) is 3.81. The van der Waals surface area contributed by atoms with Crippen LogP contribution in [0.4, 0.5) is 5.69 Å². The molecule has 1 heterocycles. The molecular formula is C19H18N2O. The summed E-state index contributed by atoms with van der Waals surface area (Å²) in [6.07, 6.45) is 2.67. The maximum absolute atomic E-state index is 10.7. The summed E-state index contributed by atoms with van der Waals surface area (Å²) in [4.78, 5) is 15.3. The van der Waals surface area contributed by atoms with E-state index in [0.717, 1.165) is 28.4 Å². The summed E-state index contributed by atoms with van der Waals surface area (Å²) in [7, 11) is 0. The lowest BCUT2D eigenvalue weighted by atomic mass is 9.91. The van der Waals surface area contributed by atoms with E-state index in [1.54, 1.807) is 0 Å². The van der Waals surface area contributed by atoms with Crippen LogP contribution in [0.3, 0.4) is 0 Å². The fourth-order valence-corrected chi connectivity index (χ4v) is 2.68. The number of hydrogen-bond acceptors (Lipinski definition) is 3. The van der Waals surface area contributed by atoms with Gasteiger partial charge in [0.2, 0.25) is 0 Å². The zero-order chi connectivity index (χ0) is 15.6. The lowest BCUT2D eigenvalue weighted by Gasteiger charge is -2.29. The topological polar surface area (TPSA) is 42.0 Å². The molecule has 3 nitrogen and oxygen atoms in total. The van der Waals surface area contributed by atoms with Crippen LogP contribution in [-0.4, -0.2) is 11.3 Å². The number of benzene rings is 2. The van der Waals surface area contributed by atoms with Gasteiger partial charge in [0.15, 0.2) is 0 Å². The summed E-state index contributed by atoms with van der Waals surface area (Å²) in [5, 5.41) is 4.65. The highest BCUT2D eigenvalue weighted by Crippen LogP contribution is 2.30. The zero-order valence-corrected chi connectivity index (χ0v) is 12.7. The molecule has 0 amide bonds. The molecule has 0 unspecified atom stereocenters. The number of nitrogens with zero attached hydrogens (tertiary/aromatic N) is 1. The van der Waals surface area contributed by atoms with Gasteiger partial charge in [-0.05, 0) is 44.2 Å². The minimum atomic E-state index is -0.281. The summed E-state index contributed by atoms with van der Waals surface area (Å²) in [5.74, 6) is 0. The number of nitrogens with one attached hydrogen (secondary N) is 1. The van der Waals surface area contributed by atoms with Gasteiger partial charge < -0.3 is 5.32 Å². The molecule has 0 fully saturated rings. The first kappa shape index (κ1) is 14.3. The first-order chi connectivity index (χ1) is 10.6. The highest BCUT2D eigenvalue weighted by molar-refractivity contribution is 5.83. The van der Waals surface area contributed by atoms with Crippen molar-refractivity contribution in [3.63, 3.8) is 0 Å². The van der Waals surface area contributed by atoms with Crippen molar-refractivity contribution in [1.82, 2.24) is 4.98 Å². The SMILES string of the molecule is CC(C)(Nc1ccc(C=O)cc1)c1cccc2cccnc12. The van der Waals surface area contributed by atoms with E-state index in [9.17, 15) is 4.79 Å². The number of carbonyl (C=O) groups excluding carboxylic acids is 1. The zero-order valence-electron chi connectivity index (χ0n) is 12.7. The lowest BCUT2D eigenvalue weighted by molar-refractivity contribution is 0.112. The molecule has 110 valence electrons. The molecule has 3 rings (SSSR count). The Kier molecular flexibility index (Phi) is 3.63. The van der Waals surface area contributed by atoms with Crippen LogP contribution in [0.2, 0.25) is 0 Å². The van der Waals surface area contributed by atoms with Gasteiger partial charge in [-0.3, -0.25) is 9.78 Å². The molecule has 0 atom stereocenters. The van der Waals surface area contributed by atoms with Crippen molar-refractivity contribution < 1.29 is 4.79 Å².